The lowest BCUT2D eigenvalue weighted by atomic mass is 10.0. The fourth-order valence-corrected chi connectivity index (χ4v) is 5.45. The predicted octanol–water partition coefficient (Wildman–Crippen LogP) is 1.08. The standard InChI is InChI=1S/C22H18N6O8S2/c23-22-24-12(8-38-22)16(18(31)25-17-19(32)28-13(21(33)34)3-4-37-20(17)28)27-35-7-10-6-11(26-36-10)9-1-2-14(29)15(30)5-9/h1-3,5-6,8,17,20,29-30H,4,7H2,(H2,23,24)(H,25,31)(H,33,34)/b27-16+/t17-,20-/m1/s1. The second kappa shape index (κ2) is 10.1. The van der Waals surface area contributed by atoms with Crippen LogP contribution < -0.4 is 11.1 Å². The molecule has 2 aliphatic rings. The van der Waals surface area contributed by atoms with Gasteiger partial charge in [-0.25, -0.2) is 9.78 Å². The summed E-state index contributed by atoms with van der Waals surface area (Å²) >= 11 is 2.39. The Morgan fingerprint density at radius 1 is 1.29 bits per heavy atom. The summed E-state index contributed by atoms with van der Waals surface area (Å²) in [6.07, 6.45) is 1.44. The number of nitrogen functional groups attached to an aromatic ring is 1. The molecule has 196 valence electrons. The lowest BCUT2D eigenvalue weighted by Crippen LogP contribution is -2.70. The summed E-state index contributed by atoms with van der Waals surface area (Å²) in [7, 11) is 0. The van der Waals surface area contributed by atoms with Gasteiger partial charge in [0.25, 0.3) is 11.8 Å². The van der Waals surface area contributed by atoms with E-state index in [4.69, 9.17) is 15.1 Å². The van der Waals surface area contributed by atoms with Gasteiger partial charge in [0.2, 0.25) is 0 Å². The lowest BCUT2D eigenvalue weighted by Gasteiger charge is -2.48. The first-order chi connectivity index (χ1) is 18.2. The SMILES string of the molecule is Nc1nc(/C(=N\OCc2cc(-c3ccc(O)c(O)c3)no2)C(=O)N[C@@H]2C(=O)N3C(C(=O)O)=CCS[C@H]23)cs1. The Labute approximate surface area is 221 Å². The zero-order chi connectivity index (χ0) is 27.0. The number of hydrogen-bond donors (Lipinski definition) is 5. The maximum atomic E-state index is 13.1. The molecule has 1 aromatic carbocycles. The number of phenols is 2. The number of rotatable bonds is 8. The number of oxime groups is 1. The van der Waals surface area contributed by atoms with Crippen molar-refractivity contribution in [2.75, 3.05) is 11.5 Å². The average molecular weight is 559 g/mol. The highest BCUT2D eigenvalue weighted by Gasteiger charge is 2.53. The number of carbonyl (C=O) groups excluding carboxylic acids is 2. The predicted molar refractivity (Wildman–Crippen MR) is 134 cm³/mol. The lowest BCUT2D eigenvalue weighted by molar-refractivity contribution is -0.150. The number of aromatic hydroxyl groups is 2. The molecule has 38 heavy (non-hydrogen) atoms. The van der Waals surface area contributed by atoms with Gasteiger partial charge in [-0.15, -0.1) is 23.1 Å². The van der Waals surface area contributed by atoms with Crippen molar-refractivity contribution in [3.63, 3.8) is 0 Å². The Hall–Kier alpha value is -4.57. The van der Waals surface area contributed by atoms with Gasteiger partial charge >= 0.3 is 5.97 Å². The number of nitrogens with zero attached hydrogens (tertiary/aromatic N) is 4. The van der Waals surface area contributed by atoms with Crippen LogP contribution in [0.4, 0.5) is 5.13 Å². The van der Waals surface area contributed by atoms with E-state index < -0.39 is 29.2 Å². The molecular formula is C22H18N6O8S2. The van der Waals surface area contributed by atoms with Crippen LogP contribution in [0.5, 0.6) is 11.5 Å². The maximum absolute atomic E-state index is 13.1. The van der Waals surface area contributed by atoms with Gasteiger partial charge in [0.05, 0.1) is 0 Å². The molecule has 14 nitrogen and oxygen atoms in total. The Morgan fingerprint density at radius 3 is 2.82 bits per heavy atom. The van der Waals surface area contributed by atoms with E-state index in [-0.39, 0.29) is 46.1 Å². The molecule has 0 spiro atoms. The number of nitrogens with one attached hydrogen (secondary N) is 1. The van der Waals surface area contributed by atoms with E-state index in [1.807, 2.05) is 0 Å². The zero-order valence-electron chi connectivity index (χ0n) is 19.1. The van der Waals surface area contributed by atoms with Gasteiger partial charge < -0.3 is 35.7 Å². The van der Waals surface area contributed by atoms with Gasteiger partial charge in [0.1, 0.15) is 28.5 Å². The molecule has 6 N–H and O–H groups in total. The van der Waals surface area contributed by atoms with E-state index in [0.29, 0.717) is 17.0 Å². The molecule has 2 atom stereocenters. The summed E-state index contributed by atoms with van der Waals surface area (Å²) < 4.78 is 5.21. The van der Waals surface area contributed by atoms with Crippen molar-refractivity contribution >= 4 is 51.7 Å². The molecule has 0 unspecified atom stereocenters. The van der Waals surface area contributed by atoms with Gasteiger partial charge in [-0.3, -0.25) is 14.5 Å². The van der Waals surface area contributed by atoms with Crippen molar-refractivity contribution in [2.45, 2.75) is 18.0 Å². The molecule has 4 heterocycles. The number of benzene rings is 1. The number of anilines is 1. The average Bonchev–Trinajstić information content (AvgIpc) is 3.55. The van der Waals surface area contributed by atoms with E-state index in [0.717, 1.165) is 16.2 Å². The van der Waals surface area contributed by atoms with E-state index in [9.17, 15) is 29.7 Å². The fraction of sp³-hybridized carbons (Fsp3) is 0.182. The molecular weight excluding hydrogens is 540 g/mol. The molecule has 3 aromatic rings. The molecule has 0 radical (unpaired) electrons. The Morgan fingerprint density at radius 2 is 2.11 bits per heavy atom. The van der Waals surface area contributed by atoms with Crippen LogP contribution in [-0.2, 0) is 25.8 Å². The van der Waals surface area contributed by atoms with Gasteiger partial charge in [-0.2, -0.15) is 0 Å². The first-order valence-electron chi connectivity index (χ1n) is 10.8. The van der Waals surface area contributed by atoms with Crippen LogP contribution in [0, 0.1) is 0 Å². The number of carboxylic acid groups (broad SMARTS) is 1. The van der Waals surface area contributed by atoms with Crippen molar-refractivity contribution in [3.8, 4) is 22.8 Å². The minimum absolute atomic E-state index is 0.119. The minimum atomic E-state index is -1.22. The molecule has 5 rings (SSSR count). The van der Waals surface area contributed by atoms with E-state index in [1.165, 1.54) is 47.5 Å². The third kappa shape index (κ3) is 4.73. The number of carboxylic acids is 1. The Kier molecular flexibility index (Phi) is 6.64. The smallest absolute Gasteiger partial charge is 0.352 e. The quantitative estimate of drug-likeness (QED) is 0.114. The number of thiazole rings is 1. The third-order valence-corrected chi connectivity index (χ3v) is 7.38. The number of hydrogen-bond acceptors (Lipinski definition) is 13. The molecule has 0 saturated carbocycles. The molecule has 16 heteroatoms. The first kappa shape index (κ1) is 25.1. The van der Waals surface area contributed by atoms with Crippen LogP contribution in [0.1, 0.15) is 11.5 Å². The number of β-lactam (4-membered cyclic amide) rings is 1. The van der Waals surface area contributed by atoms with Crippen LogP contribution in [0.15, 0.2) is 51.1 Å². The van der Waals surface area contributed by atoms with Crippen molar-refractivity contribution < 1.29 is 39.1 Å². The van der Waals surface area contributed by atoms with Crippen LogP contribution in [0.25, 0.3) is 11.3 Å². The maximum Gasteiger partial charge on any atom is 0.352 e. The number of fused-ring (bicyclic) bond motifs is 1. The topological polar surface area (TPSA) is 214 Å². The van der Waals surface area contributed by atoms with Gasteiger partial charge in [-0.05, 0) is 24.3 Å². The Balaban J connectivity index is 1.29. The van der Waals surface area contributed by atoms with Crippen molar-refractivity contribution in [2.24, 2.45) is 5.16 Å². The van der Waals surface area contributed by atoms with Gasteiger partial charge in [0, 0.05) is 22.8 Å². The second-order valence-corrected chi connectivity index (χ2v) is 9.98. The minimum Gasteiger partial charge on any atom is -0.504 e. The third-order valence-electron chi connectivity index (χ3n) is 5.52. The van der Waals surface area contributed by atoms with Crippen LogP contribution in [-0.4, -0.2) is 71.0 Å². The highest BCUT2D eigenvalue weighted by atomic mass is 32.2. The summed E-state index contributed by atoms with van der Waals surface area (Å²) in [5, 5.41) is 39.9. The molecule has 2 amide bonds. The highest BCUT2D eigenvalue weighted by molar-refractivity contribution is 8.00. The van der Waals surface area contributed by atoms with Crippen molar-refractivity contribution in [3.05, 3.63) is 52.9 Å². The summed E-state index contributed by atoms with van der Waals surface area (Å²) in [5.41, 5.74) is 6.30. The van der Waals surface area contributed by atoms with E-state index in [2.05, 4.69) is 20.6 Å². The number of aromatic nitrogens is 2. The Bertz CT molecular complexity index is 1500. The first-order valence-corrected chi connectivity index (χ1v) is 12.7. The van der Waals surface area contributed by atoms with E-state index >= 15 is 0 Å². The molecule has 1 saturated heterocycles. The molecule has 0 bridgehead atoms. The van der Waals surface area contributed by atoms with Crippen LogP contribution in [0.2, 0.25) is 0 Å². The number of carbonyl (C=O) groups is 3. The normalized spacial score (nSPS) is 18.8. The number of phenolic OH excluding ortho intramolecular Hbond substituents is 2. The number of amides is 2. The number of thioether (sulfide) groups is 1. The highest BCUT2D eigenvalue weighted by Crippen LogP contribution is 2.37. The largest absolute Gasteiger partial charge is 0.504 e. The summed E-state index contributed by atoms with van der Waals surface area (Å²) in [6, 6.07) is 4.72. The van der Waals surface area contributed by atoms with Gasteiger partial charge in [-0.1, -0.05) is 10.3 Å². The summed E-state index contributed by atoms with van der Waals surface area (Å²) in [6.45, 7) is -0.227. The molecule has 0 aliphatic carbocycles. The van der Waals surface area contributed by atoms with E-state index in [1.54, 1.807) is 0 Å². The second-order valence-electron chi connectivity index (χ2n) is 7.94. The summed E-state index contributed by atoms with van der Waals surface area (Å²) in [5.74, 6) is -2.53. The van der Waals surface area contributed by atoms with Crippen molar-refractivity contribution in [1.29, 1.82) is 0 Å². The zero-order valence-corrected chi connectivity index (χ0v) is 20.7. The monoisotopic (exact) mass is 558 g/mol. The molecule has 1 fully saturated rings. The van der Waals surface area contributed by atoms with Crippen LogP contribution in [0.3, 0.4) is 0 Å². The van der Waals surface area contributed by atoms with Gasteiger partial charge in [0.15, 0.2) is 34.7 Å². The molecule has 2 aliphatic heterocycles. The van der Waals surface area contributed by atoms with Crippen molar-refractivity contribution in [1.82, 2.24) is 20.4 Å². The number of nitrogens with two attached hydrogens (primary N) is 1. The number of aliphatic carboxylic acids is 1. The van der Waals surface area contributed by atoms with Crippen LogP contribution >= 0.6 is 23.1 Å². The fourth-order valence-electron chi connectivity index (χ4n) is 3.71. The molecule has 2 aromatic heterocycles. The summed E-state index contributed by atoms with van der Waals surface area (Å²) in [4.78, 5) is 47.6.